The number of hydrogen-bond donors (Lipinski definition) is 0. The van der Waals surface area contributed by atoms with Gasteiger partial charge >= 0.3 is 0 Å². The Labute approximate surface area is 118 Å². The summed E-state index contributed by atoms with van der Waals surface area (Å²) in [6.07, 6.45) is 0. The van der Waals surface area contributed by atoms with Crippen LogP contribution in [0, 0.1) is 6.57 Å². The summed E-state index contributed by atoms with van der Waals surface area (Å²) < 4.78 is 0. The summed E-state index contributed by atoms with van der Waals surface area (Å²) >= 11 is 0. The van der Waals surface area contributed by atoms with Gasteiger partial charge in [0, 0.05) is 12.5 Å². The van der Waals surface area contributed by atoms with Crippen molar-refractivity contribution >= 4 is 10.8 Å². The molecule has 1 unspecified atom stereocenters. The molecule has 1 aliphatic carbocycles. The molecule has 4 rings (SSSR count). The molecule has 20 heavy (non-hydrogen) atoms. The zero-order valence-electron chi connectivity index (χ0n) is 11.2. The quantitative estimate of drug-likeness (QED) is 0.498. The maximum atomic E-state index is 7.76. The molecule has 3 aromatic carbocycles. The Balaban J connectivity index is 2.23. The molecule has 0 saturated carbocycles. The minimum atomic E-state index is -0.577. The maximum Gasteiger partial charge on any atom is 0.281 e. The van der Waals surface area contributed by atoms with E-state index in [1.54, 1.807) is 0 Å². The molecule has 0 saturated heterocycles. The second-order valence-corrected chi connectivity index (χ2v) is 5.44. The lowest BCUT2D eigenvalue weighted by atomic mass is 9.87. The SMILES string of the molecule is [C-]#[N+]C1(C)c2ccccc2-c2ccc3ccccc3c21. The fraction of sp³-hybridized carbons (Fsp3) is 0.105. The van der Waals surface area contributed by atoms with Gasteiger partial charge in [-0.05, 0) is 28.0 Å². The summed E-state index contributed by atoms with van der Waals surface area (Å²) in [6.45, 7) is 9.80. The summed E-state index contributed by atoms with van der Waals surface area (Å²) in [7, 11) is 0. The van der Waals surface area contributed by atoms with Gasteiger partial charge in [0.25, 0.3) is 5.54 Å². The molecular formula is C19H13N. The molecule has 0 heterocycles. The third-order valence-electron chi connectivity index (χ3n) is 4.38. The van der Waals surface area contributed by atoms with E-state index in [1.165, 1.54) is 21.9 Å². The van der Waals surface area contributed by atoms with E-state index in [1.807, 2.05) is 25.1 Å². The van der Waals surface area contributed by atoms with E-state index in [9.17, 15) is 0 Å². The second-order valence-electron chi connectivity index (χ2n) is 5.44. The van der Waals surface area contributed by atoms with Crippen LogP contribution in [0.3, 0.4) is 0 Å². The van der Waals surface area contributed by atoms with E-state index in [-0.39, 0.29) is 0 Å². The van der Waals surface area contributed by atoms with Crippen molar-refractivity contribution in [2.45, 2.75) is 12.5 Å². The number of nitrogens with zero attached hydrogens (tertiary/aromatic N) is 1. The third kappa shape index (κ3) is 1.21. The van der Waals surface area contributed by atoms with Gasteiger partial charge in [0.2, 0.25) is 0 Å². The molecule has 0 N–H and O–H groups in total. The first kappa shape index (κ1) is 11.3. The Kier molecular flexibility index (Phi) is 2.09. The molecule has 0 amide bonds. The van der Waals surface area contributed by atoms with E-state index < -0.39 is 5.54 Å². The van der Waals surface area contributed by atoms with Crippen molar-refractivity contribution in [3.05, 3.63) is 83.2 Å². The van der Waals surface area contributed by atoms with Crippen molar-refractivity contribution in [1.82, 2.24) is 0 Å². The highest BCUT2D eigenvalue weighted by Gasteiger charge is 2.46. The molecule has 0 radical (unpaired) electrons. The molecule has 3 aromatic rings. The normalized spacial score (nSPS) is 19.4. The number of benzene rings is 3. The van der Waals surface area contributed by atoms with Crippen LogP contribution >= 0.6 is 0 Å². The average Bonchev–Trinajstić information content (AvgIpc) is 2.78. The zero-order chi connectivity index (χ0) is 13.7. The standard InChI is InChI=1S/C19H13N/c1-19(20-2)17-10-6-5-9-15(17)16-12-11-13-7-3-4-8-14(13)18(16)19/h3-12H,1H3. The highest BCUT2D eigenvalue weighted by molar-refractivity contribution is 5.97. The van der Waals surface area contributed by atoms with Gasteiger partial charge in [-0.15, -0.1) is 0 Å². The Morgan fingerprint density at radius 3 is 2.45 bits per heavy atom. The van der Waals surface area contributed by atoms with E-state index in [0.717, 1.165) is 11.1 Å². The van der Waals surface area contributed by atoms with E-state index in [2.05, 4.69) is 47.3 Å². The lowest BCUT2D eigenvalue weighted by Gasteiger charge is -2.15. The van der Waals surface area contributed by atoms with Crippen molar-refractivity contribution in [1.29, 1.82) is 0 Å². The van der Waals surface area contributed by atoms with Crippen molar-refractivity contribution < 1.29 is 0 Å². The van der Waals surface area contributed by atoms with Crippen molar-refractivity contribution in [2.24, 2.45) is 0 Å². The highest BCUT2D eigenvalue weighted by atomic mass is 14.8. The fourth-order valence-electron chi connectivity index (χ4n) is 3.41. The summed E-state index contributed by atoms with van der Waals surface area (Å²) in [4.78, 5) is 4.00. The summed E-state index contributed by atoms with van der Waals surface area (Å²) in [5.41, 5.74) is 4.12. The maximum absolute atomic E-state index is 7.76. The molecular weight excluding hydrogens is 242 g/mol. The van der Waals surface area contributed by atoms with Crippen LogP contribution in [0.2, 0.25) is 0 Å². The molecule has 0 aromatic heterocycles. The van der Waals surface area contributed by atoms with Gasteiger partial charge in [0.05, 0.1) is 5.56 Å². The molecule has 1 aliphatic rings. The Bertz CT molecular complexity index is 886. The van der Waals surface area contributed by atoms with Crippen LogP contribution in [-0.2, 0) is 5.54 Å². The summed E-state index contributed by atoms with van der Waals surface area (Å²) in [6, 6.07) is 20.9. The molecule has 94 valence electrons. The van der Waals surface area contributed by atoms with Crippen LogP contribution in [0.25, 0.3) is 26.7 Å². The Morgan fingerprint density at radius 1 is 0.850 bits per heavy atom. The Hall–Kier alpha value is -2.59. The lowest BCUT2D eigenvalue weighted by molar-refractivity contribution is 0.748. The van der Waals surface area contributed by atoms with Crippen LogP contribution in [-0.4, -0.2) is 0 Å². The molecule has 0 aliphatic heterocycles. The first-order valence-corrected chi connectivity index (χ1v) is 6.76. The van der Waals surface area contributed by atoms with Gasteiger partial charge in [-0.3, -0.25) is 0 Å². The minimum Gasteiger partial charge on any atom is -0.300 e. The van der Waals surface area contributed by atoms with Gasteiger partial charge in [0.1, 0.15) is 0 Å². The minimum absolute atomic E-state index is 0.577. The van der Waals surface area contributed by atoms with E-state index >= 15 is 0 Å². The van der Waals surface area contributed by atoms with Crippen molar-refractivity contribution in [3.8, 4) is 11.1 Å². The van der Waals surface area contributed by atoms with Crippen LogP contribution in [0.4, 0.5) is 0 Å². The molecule has 0 spiro atoms. The van der Waals surface area contributed by atoms with Crippen LogP contribution < -0.4 is 0 Å². The first-order valence-electron chi connectivity index (χ1n) is 6.76. The molecule has 0 fully saturated rings. The molecule has 1 nitrogen and oxygen atoms in total. The third-order valence-corrected chi connectivity index (χ3v) is 4.38. The predicted octanol–water partition coefficient (Wildman–Crippen LogP) is 5.00. The van der Waals surface area contributed by atoms with Gasteiger partial charge in [-0.1, -0.05) is 54.6 Å². The fourth-order valence-corrected chi connectivity index (χ4v) is 3.41. The van der Waals surface area contributed by atoms with Crippen LogP contribution in [0.1, 0.15) is 18.1 Å². The van der Waals surface area contributed by atoms with Gasteiger partial charge in [-0.25, -0.2) is 6.57 Å². The second kappa shape index (κ2) is 3.71. The predicted molar refractivity (Wildman–Crippen MR) is 82.4 cm³/mol. The lowest BCUT2D eigenvalue weighted by Crippen LogP contribution is -2.15. The highest BCUT2D eigenvalue weighted by Crippen LogP contribution is 2.52. The largest absolute Gasteiger partial charge is 0.300 e. The topological polar surface area (TPSA) is 4.36 Å². The smallest absolute Gasteiger partial charge is 0.281 e. The van der Waals surface area contributed by atoms with Crippen molar-refractivity contribution in [2.75, 3.05) is 0 Å². The van der Waals surface area contributed by atoms with Gasteiger partial charge in [-0.2, -0.15) is 0 Å². The molecule has 1 heteroatoms. The summed E-state index contributed by atoms with van der Waals surface area (Å²) in [5.74, 6) is 0. The van der Waals surface area contributed by atoms with Crippen LogP contribution in [0.5, 0.6) is 0 Å². The molecule has 1 atom stereocenters. The number of fused-ring (bicyclic) bond motifs is 5. The number of rotatable bonds is 0. The number of hydrogen-bond acceptors (Lipinski definition) is 0. The van der Waals surface area contributed by atoms with Crippen LogP contribution in [0.15, 0.2) is 60.7 Å². The zero-order valence-corrected chi connectivity index (χ0v) is 11.2. The van der Waals surface area contributed by atoms with Crippen molar-refractivity contribution in [3.63, 3.8) is 0 Å². The van der Waals surface area contributed by atoms with E-state index in [4.69, 9.17) is 6.57 Å². The van der Waals surface area contributed by atoms with E-state index in [0.29, 0.717) is 0 Å². The average molecular weight is 255 g/mol. The van der Waals surface area contributed by atoms with Gasteiger partial charge in [0.15, 0.2) is 0 Å². The molecule has 0 bridgehead atoms. The van der Waals surface area contributed by atoms with Gasteiger partial charge < -0.3 is 4.85 Å². The summed E-state index contributed by atoms with van der Waals surface area (Å²) in [5, 5.41) is 2.40. The first-order chi connectivity index (χ1) is 9.75. The monoisotopic (exact) mass is 255 g/mol. The Morgan fingerprint density at radius 2 is 1.60 bits per heavy atom.